The van der Waals surface area contributed by atoms with Crippen LogP contribution in [0.4, 0.5) is 4.79 Å². The quantitative estimate of drug-likeness (QED) is 0.521. The van der Waals surface area contributed by atoms with E-state index in [4.69, 9.17) is 11.6 Å². The Morgan fingerprint density at radius 2 is 2.07 bits per heavy atom. The molecule has 2 aliphatic rings. The fourth-order valence-corrected chi connectivity index (χ4v) is 4.82. The van der Waals surface area contributed by atoms with Gasteiger partial charge in [0.15, 0.2) is 0 Å². The Balaban J connectivity index is 1.41. The molecule has 1 saturated heterocycles. The van der Waals surface area contributed by atoms with Crippen molar-refractivity contribution >= 4 is 41.2 Å². The maximum atomic E-state index is 12.8. The van der Waals surface area contributed by atoms with E-state index >= 15 is 0 Å². The molecule has 1 saturated carbocycles. The van der Waals surface area contributed by atoms with Gasteiger partial charge in [-0.05, 0) is 36.5 Å². The number of nitrogens with one attached hydrogen (secondary N) is 2. The summed E-state index contributed by atoms with van der Waals surface area (Å²) in [6.07, 6.45) is 3.55. The maximum Gasteiger partial charge on any atom is 0.325 e. The number of urea groups is 1. The number of rotatable bonds is 7. The lowest BCUT2D eigenvalue weighted by Gasteiger charge is -2.36. The average Bonchev–Trinajstić information content (AvgIpc) is 2.90. The van der Waals surface area contributed by atoms with Crippen molar-refractivity contribution < 1.29 is 14.4 Å². The Bertz CT molecular complexity index is 743. The van der Waals surface area contributed by atoms with Crippen LogP contribution in [0.15, 0.2) is 24.3 Å². The van der Waals surface area contributed by atoms with E-state index in [-0.39, 0.29) is 24.3 Å². The molecule has 0 bridgehead atoms. The van der Waals surface area contributed by atoms with E-state index in [1.54, 1.807) is 11.8 Å². The van der Waals surface area contributed by atoms with Crippen molar-refractivity contribution in [1.29, 1.82) is 0 Å². The lowest BCUT2D eigenvalue weighted by Crippen LogP contribution is -2.54. The molecule has 2 N–H and O–H groups in total. The minimum absolute atomic E-state index is 0.0926. The Labute approximate surface area is 174 Å². The molecular formula is C20H26ClN3O3S. The molecule has 0 aromatic heterocycles. The third-order valence-electron chi connectivity index (χ3n) is 5.55. The molecule has 152 valence electrons. The number of amides is 4. The Hall–Kier alpha value is -1.73. The SMILES string of the molecule is CC1CCCCC12NC(=O)N(CC(=O)NCCSCc1ccc(Cl)cc1)C2=O. The Morgan fingerprint density at radius 1 is 1.32 bits per heavy atom. The molecule has 1 spiro atoms. The molecule has 1 heterocycles. The molecular weight excluding hydrogens is 398 g/mol. The Morgan fingerprint density at radius 3 is 2.79 bits per heavy atom. The first-order valence-corrected chi connectivity index (χ1v) is 11.2. The van der Waals surface area contributed by atoms with E-state index in [0.717, 1.165) is 35.7 Å². The van der Waals surface area contributed by atoms with Crippen LogP contribution in [0.2, 0.25) is 5.02 Å². The van der Waals surface area contributed by atoms with Crippen molar-refractivity contribution in [2.75, 3.05) is 18.8 Å². The van der Waals surface area contributed by atoms with Crippen LogP contribution in [0.1, 0.15) is 38.2 Å². The highest BCUT2D eigenvalue weighted by molar-refractivity contribution is 7.98. The highest BCUT2D eigenvalue weighted by Crippen LogP contribution is 2.38. The van der Waals surface area contributed by atoms with E-state index < -0.39 is 11.6 Å². The molecule has 8 heteroatoms. The molecule has 4 amide bonds. The highest BCUT2D eigenvalue weighted by Gasteiger charge is 2.55. The third kappa shape index (κ3) is 4.63. The molecule has 28 heavy (non-hydrogen) atoms. The molecule has 6 nitrogen and oxygen atoms in total. The second-order valence-corrected chi connectivity index (χ2v) is 9.01. The van der Waals surface area contributed by atoms with Gasteiger partial charge >= 0.3 is 6.03 Å². The van der Waals surface area contributed by atoms with Crippen LogP contribution in [-0.2, 0) is 15.3 Å². The minimum Gasteiger partial charge on any atom is -0.354 e. The summed E-state index contributed by atoms with van der Waals surface area (Å²) in [5, 5.41) is 6.37. The van der Waals surface area contributed by atoms with Gasteiger partial charge in [-0.2, -0.15) is 11.8 Å². The van der Waals surface area contributed by atoms with Crippen LogP contribution in [0.5, 0.6) is 0 Å². The largest absolute Gasteiger partial charge is 0.354 e. The van der Waals surface area contributed by atoms with Crippen molar-refractivity contribution in [3.05, 3.63) is 34.9 Å². The van der Waals surface area contributed by atoms with Crippen LogP contribution in [-0.4, -0.2) is 47.1 Å². The van der Waals surface area contributed by atoms with Gasteiger partial charge in [0.25, 0.3) is 5.91 Å². The van der Waals surface area contributed by atoms with Crippen LogP contribution < -0.4 is 10.6 Å². The average molecular weight is 424 g/mol. The number of nitrogens with zero attached hydrogens (tertiary/aromatic N) is 1. The summed E-state index contributed by atoms with van der Waals surface area (Å²) in [4.78, 5) is 38.4. The van der Waals surface area contributed by atoms with Crippen LogP contribution >= 0.6 is 23.4 Å². The number of thioether (sulfide) groups is 1. The fourth-order valence-electron chi connectivity index (χ4n) is 3.87. The van der Waals surface area contributed by atoms with E-state index in [0.29, 0.717) is 18.0 Å². The van der Waals surface area contributed by atoms with E-state index in [1.165, 1.54) is 5.56 Å². The fraction of sp³-hybridized carbons (Fsp3) is 0.550. The van der Waals surface area contributed by atoms with E-state index in [1.807, 2.05) is 31.2 Å². The van der Waals surface area contributed by atoms with Gasteiger partial charge in [0.2, 0.25) is 5.91 Å². The first kappa shape index (κ1) is 21.0. The first-order valence-electron chi connectivity index (χ1n) is 9.65. The number of carbonyl (C=O) groups excluding carboxylic acids is 3. The summed E-state index contributed by atoms with van der Waals surface area (Å²) in [6.45, 7) is 2.27. The van der Waals surface area contributed by atoms with Gasteiger partial charge in [-0.1, -0.05) is 43.5 Å². The molecule has 0 radical (unpaired) electrons. The van der Waals surface area contributed by atoms with Crippen LogP contribution in [0.25, 0.3) is 0 Å². The van der Waals surface area contributed by atoms with Crippen molar-refractivity contribution in [1.82, 2.24) is 15.5 Å². The summed E-state index contributed by atoms with van der Waals surface area (Å²) in [5.74, 6) is 1.11. The standard InChI is InChI=1S/C20H26ClN3O3S/c1-14-4-2-3-9-20(14)18(26)24(19(27)23-20)12-17(25)22-10-11-28-13-15-5-7-16(21)8-6-15/h5-8,14H,2-4,9-13H2,1H3,(H,22,25)(H,23,27). The molecule has 3 rings (SSSR count). The normalized spacial score (nSPS) is 24.5. The summed E-state index contributed by atoms with van der Waals surface area (Å²) in [6, 6.07) is 7.22. The topological polar surface area (TPSA) is 78.5 Å². The predicted molar refractivity (Wildman–Crippen MR) is 111 cm³/mol. The number of imide groups is 1. The molecule has 1 aromatic rings. The van der Waals surface area contributed by atoms with Gasteiger partial charge in [0.1, 0.15) is 12.1 Å². The number of benzene rings is 1. The second kappa shape index (κ2) is 9.18. The number of halogens is 1. The van der Waals surface area contributed by atoms with Crippen molar-refractivity contribution in [3.8, 4) is 0 Å². The first-order chi connectivity index (χ1) is 13.4. The van der Waals surface area contributed by atoms with E-state index in [2.05, 4.69) is 10.6 Å². The molecule has 1 aliphatic heterocycles. The van der Waals surface area contributed by atoms with Crippen molar-refractivity contribution in [3.63, 3.8) is 0 Å². The van der Waals surface area contributed by atoms with Crippen molar-refractivity contribution in [2.24, 2.45) is 5.92 Å². The molecule has 2 atom stereocenters. The molecule has 2 fully saturated rings. The third-order valence-corrected chi connectivity index (χ3v) is 6.84. The molecule has 1 aliphatic carbocycles. The predicted octanol–water partition coefficient (Wildman–Crippen LogP) is 3.19. The summed E-state index contributed by atoms with van der Waals surface area (Å²) >= 11 is 7.56. The second-order valence-electron chi connectivity index (χ2n) is 7.47. The van der Waals surface area contributed by atoms with Gasteiger partial charge in [0, 0.05) is 23.1 Å². The highest BCUT2D eigenvalue weighted by atomic mass is 35.5. The molecule has 2 unspecified atom stereocenters. The Kier molecular flexibility index (Phi) is 6.88. The zero-order valence-corrected chi connectivity index (χ0v) is 17.6. The van der Waals surface area contributed by atoms with Gasteiger partial charge < -0.3 is 10.6 Å². The number of carbonyl (C=O) groups is 3. The van der Waals surface area contributed by atoms with Gasteiger partial charge in [-0.15, -0.1) is 0 Å². The number of hydrogen-bond acceptors (Lipinski definition) is 4. The smallest absolute Gasteiger partial charge is 0.325 e. The van der Waals surface area contributed by atoms with Crippen LogP contribution in [0.3, 0.4) is 0 Å². The number of hydrogen-bond donors (Lipinski definition) is 2. The monoisotopic (exact) mass is 423 g/mol. The summed E-state index contributed by atoms with van der Waals surface area (Å²) in [7, 11) is 0. The minimum atomic E-state index is -0.815. The van der Waals surface area contributed by atoms with Crippen LogP contribution in [0, 0.1) is 5.92 Å². The maximum absolute atomic E-state index is 12.8. The van der Waals surface area contributed by atoms with Gasteiger partial charge in [-0.25, -0.2) is 4.79 Å². The zero-order valence-electron chi connectivity index (χ0n) is 16.0. The van der Waals surface area contributed by atoms with E-state index in [9.17, 15) is 14.4 Å². The lowest BCUT2D eigenvalue weighted by atomic mass is 9.73. The zero-order chi connectivity index (χ0) is 20.1. The summed E-state index contributed by atoms with van der Waals surface area (Å²) < 4.78 is 0. The molecule has 1 aromatic carbocycles. The van der Waals surface area contributed by atoms with Gasteiger partial charge in [-0.3, -0.25) is 14.5 Å². The van der Waals surface area contributed by atoms with Crippen molar-refractivity contribution in [2.45, 2.75) is 43.9 Å². The lowest BCUT2D eigenvalue weighted by molar-refractivity contribution is -0.137. The van der Waals surface area contributed by atoms with Gasteiger partial charge in [0.05, 0.1) is 0 Å². The summed E-state index contributed by atoms with van der Waals surface area (Å²) in [5.41, 5.74) is 0.358.